The molecule has 0 atom stereocenters. The van der Waals surface area contributed by atoms with E-state index in [2.05, 4.69) is 26.2 Å². The number of pyridine rings is 1. The normalized spacial score (nSPS) is 10.2. The summed E-state index contributed by atoms with van der Waals surface area (Å²) in [5.74, 6) is 1.42. The molecule has 0 fully saturated rings. The van der Waals surface area contributed by atoms with Crippen molar-refractivity contribution in [2.75, 3.05) is 33.2 Å². The van der Waals surface area contributed by atoms with E-state index in [1.807, 2.05) is 12.1 Å². The van der Waals surface area contributed by atoms with Gasteiger partial charge in [0.2, 0.25) is 0 Å². The number of benzene rings is 1. The first-order valence-electron chi connectivity index (χ1n) is 7.28. The van der Waals surface area contributed by atoms with Crippen molar-refractivity contribution >= 4 is 27.7 Å². The van der Waals surface area contributed by atoms with Crippen LogP contribution >= 0.6 is 15.9 Å². The van der Waals surface area contributed by atoms with Gasteiger partial charge >= 0.3 is 5.97 Å². The molecule has 0 bridgehead atoms. The summed E-state index contributed by atoms with van der Waals surface area (Å²) in [6.45, 7) is 0.592. The number of carbonyl (C=O) groups excluding carboxylic acids is 1. The molecule has 2 rings (SSSR count). The molecule has 6 nitrogen and oxygen atoms in total. The molecule has 0 saturated heterocycles. The molecular weight excluding hydrogens is 376 g/mol. The van der Waals surface area contributed by atoms with Gasteiger partial charge in [-0.3, -0.25) is 0 Å². The average Bonchev–Trinajstić information content (AvgIpc) is 2.62. The molecule has 0 spiro atoms. The van der Waals surface area contributed by atoms with E-state index in [0.717, 1.165) is 10.0 Å². The van der Waals surface area contributed by atoms with Crippen LogP contribution in [0.2, 0.25) is 0 Å². The van der Waals surface area contributed by atoms with Crippen molar-refractivity contribution in [1.82, 2.24) is 4.98 Å². The van der Waals surface area contributed by atoms with Gasteiger partial charge in [0, 0.05) is 17.2 Å². The smallest absolute Gasteiger partial charge is 0.341 e. The largest absolute Gasteiger partial charge is 0.493 e. The number of nitrogens with zero attached hydrogens (tertiary/aromatic N) is 1. The highest BCUT2D eigenvalue weighted by Crippen LogP contribution is 2.33. The zero-order valence-corrected chi connectivity index (χ0v) is 15.3. The van der Waals surface area contributed by atoms with Crippen molar-refractivity contribution in [2.24, 2.45) is 0 Å². The number of carbonyl (C=O) groups is 1. The van der Waals surface area contributed by atoms with E-state index in [1.54, 1.807) is 32.5 Å². The minimum atomic E-state index is -0.419. The lowest BCUT2D eigenvalue weighted by atomic mass is 10.1. The van der Waals surface area contributed by atoms with Crippen molar-refractivity contribution in [3.63, 3.8) is 0 Å². The van der Waals surface area contributed by atoms with Crippen molar-refractivity contribution in [3.8, 4) is 11.5 Å². The summed E-state index contributed by atoms with van der Waals surface area (Å²) in [7, 11) is 4.55. The molecule has 0 radical (unpaired) electrons. The predicted molar refractivity (Wildman–Crippen MR) is 95.0 cm³/mol. The third kappa shape index (κ3) is 4.17. The minimum Gasteiger partial charge on any atom is -0.493 e. The fourth-order valence-electron chi connectivity index (χ4n) is 2.22. The van der Waals surface area contributed by atoms with Gasteiger partial charge in [-0.15, -0.1) is 0 Å². The zero-order chi connectivity index (χ0) is 17.5. The second kappa shape index (κ2) is 8.54. The molecule has 7 heteroatoms. The Morgan fingerprint density at radius 2 is 1.92 bits per heavy atom. The second-order valence-corrected chi connectivity index (χ2v) is 5.72. The number of hydrogen-bond donors (Lipinski definition) is 1. The highest BCUT2D eigenvalue weighted by molar-refractivity contribution is 9.10. The lowest BCUT2D eigenvalue weighted by Gasteiger charge is -2.13. The molecule has 1 aromatic carbocycles. The van der Waals surface area contributed by atoms with E-state index < -0.39 is 5.97 Å². The quantitative estimate of drug-likeness (QED) is 0.726. The maximum atomic E-state index is 11.7. The zero-order valence-electron chi connectivity index (χ0n) is 13.8. The monoisotopic (exact) mass is 394 g/mol. The highest BCUT2D eigenvalue weighted by Gasteiger charge is 2.13. The number of esters is 1. The molecule has 0 amide bonds. The first kappa shape index (κ1) is 18.1. The maximum absolute atomic E-state index is 11.7. The standard InChI is InChI=1S/C17H19BrN2O4/c1-22-14-9-11(13(18)10-15(14)23-2)6-8-20-16-12(17(21)24-3)5-4-7-19-16/h4-5,7,9-10H,6,8H2,1-3H3,(H,19,20). The van der Waals surface area contributed by atoms with Gasteiger partial charge in [0.1, 0.15) is 11.4 Å². The van der Waals surface area contributed by atoms with Crippen LogP contribution in [0.1, 0.15) is 15.9 Å². The second-order valence-electron chi connectivity index (χ2n) is 4.87. The molecule has 0 saturated carbocycles. The first-order chi connectivity index (χ1) is 11.6. The van der Waals surface area contributed by atoms with Gasteiger partial charge in [-0.05, 0) is 36.2 Å². The van der Waals surface area contributed by atoms with Crippen LogP contribution in [-0.4, -0.2) is 38.8 Å². The third-order valence-electron chi connectivity index (χ3n) is 3.45. The summed E-state index contributed by atoms with van der Waals surface area (Å²) in [6, 6.07) is 7.16. The minimum absolute atomic E-state index is 0.409. The van der Waals surface area contributed by atoms with Crippen LogP contribution in [0.4, 0.5) is 5.82 Å². The molecular formula is C17H19BrN2O4. The molecule has 1 aromatic heterocycles. The summed E-state index contributed by atoms with van der Waals surface area (Å²) >= 11 is 3.53. The van der Waals surface area contributed by atoms with E-state index >= 15 is 0 Å². The van der Waals surface area contributed by atoms with Gasteiger partial charge in [0.25, 0.3) is 0 Å². The SMILES string of the molecule is COC(=O)c1cccnc1NCCc1cc(OC)c(OC)cc1Br. The van der Waals surface area contributed by atoms with Crippen LogP contribution in [0.5, 0.6) is 11.5 Å². The summed E-state index contributed by atoms with van der Waals surface area (Å²) < 4.78 is 16.3. The number of rotatable bonds is 7. The number of nitrogens with one attached hydrogen (secondary N) is 1. The Morgan fingerprint density at radius 3 is 2.58 bits per heavy atom. The van der Waals surface area contributed by atoms with Gasteiger partial charge in [-0.25, -0.2) is 9.78 Å². The molecule has 2 aromatic rings. The number of methoxy groups -OCH3 is 3. The first-order valence-corrected chi connectivity index (χ1v) is 8.07. The number of aromatic nitrogens is 1. The maximum Gasteiger partial charge on any atom is 0.341 e. The fourth-order valence-corrected chi connectivity index (χ4v) is 2.74. The summed E-state index contributed by atoms with van der Waals surface area (Å²) in [6.07, 6.45) is 2.33. The summed E-state index contributed by atoms with van der Waals surface area (Å²) in [5, 5.41) is 3.17. The number of ether oxygens (including phenoxy) is 3. The molecule has 128 valence electrons. The van der Waals surface area contributed by atoms with E-state index in [-0.39, 0.29) is 0 Å². The van der Waals surface area contributed by atoms with Crippen LogP contribution < -0.4 is 14.8 Å². The summed E-state index contributed by atoms with van der Waals surface area (Å²) in [5.41, 5.74) is 1.46. The fraction of sp³-hybridized carbons (Fsp3) is 0.294. The molecule has 24 heavy (non-hydrogen) atoms. The molecule has 0 unspecified atom stereocenters. The third-order valence-corrected chi connectivity index (χ3v) is 4.19. The lowest BCUT2D eigenvalue weighted by molar-refractivity contribution is 0.0601. The van der Waals surface area contributed by atoms with Gasteiger partial charge < -0.3 is 19.5 Å². The Morgan fingerprint density at radius 1 is 1.21 bits per heavy atom. The van der Waals surface area contributed by atoms with E-state index in [4.69, 9.17) is 14.2 Å². The average molecular weight is 395 g/mol. The van der Waals surface area contributed by atoms with Crippen molar-refractivity contribution in [3.05, 3.63) is 46.1 Å². The van der Waals surface area contributed by atoms with Crippen LogP contribution in [-0.2, 0) is 11.2 Å². The van der Waals surface area contributed by atoms with Gasteiger partial charge in [-0.1, -0.05) is 15.9 Å². The molecule has 1 heterocycles. The molecule has 0 aliphatic carbocycles. The molecule has 1 N–H and O–H groups in total. The van der Waals surface area contributed by atoms with Gasteiger partial charge in [0.05, 0.1) is 21.3 Å². The van der Waals surface area contributed by atoms with Gasteiger partial charge in [0.15, 0.2) is 11.5 Å². The van der Waals surface area contributed by atoms with Gasteiger partial charge in [-0.2, -0.15) is 0 Å². The number of anilines is 1. The van der Waals surface area contributed by atoms with E-state index in [9.17, 15) is 4.79 Å². The lowest BCUT2D eigenvalue weighted by Crippen LogP contribution is -2.12. The van der Waals surface area contributed by atoms with Crippen LogP contribution in [0.25, 0.3) is 0 Å². The van der Waals surface area contributed by atoms with Crippen molar-refractivity contribution < 1.29 is 19.0 Å². The van der Waals surface area contributed by atoms with E-state index in [1.165, 1.54) is 7.11 Å². The number of halogens is 1. The van der Waals surface area contributed by atoms with Crippen molar-refractivity contribution in [1.29, 1.82) is 0 Å². The highest BCUT2D eigenvalue weighted by atomic mass is 79.9. The van der Waals surface area contributed by atoms with Crippen LogP contribution in [0.15, 0.2) is 34.9 Å². The Kier molecular flexibility index (Phi) is 6.43. The van der Waals surface area contributed by atoms with E-state index in [0.29, 0.717) is 35.8 Å². The predicted octanol–water partition coefficient (Wildman–Crippen LogP) is 3.30. The molecule has 0 aliphatic heterocycles. The van der Waals surface area contributed by atoms with Crippen LogP contribution in [0, 0.1) is 0 Å². The Bertz CT molecular complexity index is 722. The Hall–Kier alpha value is -2.28. The summed E-state index contributed by atoms with van der Waals surface area (Å²) in [4.78, 5) is 15.9. The van der Waals surface area contributed by atoms with Crippen LogP contribution in [0.3, 0.4) is 0 Å². The Labute approximate surface area is 149 Å². The van der Waals surface area contributed by atoms with Crippen molar-refractivity contribution in [2.45, 2.75) is 6.42 Å². The topological polar surface area (TPSA) is 69.7 Å². The molecule has 0 aliphatic rings. The Balaban J connectivity index is 2.09. The number of hydrogen-bond acceptors (Lipinski definition) is 6.